The number of likely N-dealkylation sites (tertiary alicyclic amines) is 1. The minimum Gasteiger partial charge on any atom is -0.496 e. The van der Waals surface area contributed by atoms with E-state index < -0.39 is 12.1 Å². The molecule has 6 nitrogen and oxygen atoms in total. The van der Waals surface area contributed by atoms with E-state index in [1.165, 1.54) is 19.2 Å². The predicted molar refractivity (Wildman–Crippen MR) is 103 cm³/mol. The molecule has 2 aromatic carbocycles. The quantitative estimate of drug-likeness (QED) is 0.626. The number of halogens is 1. The molecule has 3 rings (SSSR count). The molecule has 1 amide bonds. The summed E-state index contributed by atoms with van der Waals surface area (Å²) < 4.78 is 10.8. The Bertz CT molecular complexity index is 835. The fraction of sp³-hybridized carbons (Fsp3) is 0.300. The Labute approximate surface area is 162 Å². The highest BCUT2D eigenvalue weighted by molar-refractivity contribution is 6.33. The molecule has 1 fully saturated rings. The molecule has 0 saturated carbocycles. The highest BCUT2D eigenvalue weighted by atomic mass is 35.5. The number of amides is 1. The lowest BCUT2D eigenvalue weighted by molar-refractivity contribution is -0.140. The molecule has 1 aliphatic heterocycles. The third kappa shape index (κ3) is 4.17. The Morgan fingerprint density at radius 3 is 2.44 bits per heavy atom. The van der Waals surface area contributed by atoms with E-state index in [0.717, 1.165) is 12.8 Å². The molecule has 0 aromatic heterocycles. The number of esters is 1. The van der Waals surface area contributed by atoms with E-state index in [0.29, 0.717) is 18.7 Å². The zero-order chi connectivity index (χ0) is 19.4. The SMILES string of the molecule is COc1cc(N)c(Cl)cc1C(=O)O[C@@H](C(=O)N1CCCC1)c1ccccc1. The lowest BCUT2D eigenvalue weighted by atomic mass is 10.1. The van der Waals surface area contributed by atoms with Crippen molar-refractivity contribution in [1.82, 2.24) is 4.90 Å². The van der Waals surface area contributed by atoms with Gasteiger partial charge in [0.05, 0.1) is 17.8 Å². The van der Waals surface area contributed by atoms with Crippen LogP contribution in [0.3, 0.4) is 0 Å². The van der Waals surface area contributed by atoms with Crippen LogP contribution in [-0.4, -0.2) is 37.0 Å². The van der Waals surface area contributed by atoms with Crippen LogP contribution in [0.15, 0.2) is 42.5 Å². The van der Waals surface area contributed by atoms with Gasteiger partial charge in [0.1, 0.15) is 11.3 Å². The van der Waals surface area contributed by atoms with Crippen LogP contribution < -0.4 is 10.5 Å². The molecule has 0 unspecified atom stereocenters. The van der Waals surface area contributed by atoms with Crippen molar-refractivity contribution in [2.45, 2.75) is 18.9 Å². The number of nitrogens with two attached hydrogens (primary N) is 1. The number of rotatable bonds is 5. The molecular weight excluding hydrogens is 368 g/mol. The average molecular weight is 389 g/mol. The predicted octanol–water partition coefficient (Wildman–Crippen LogP) is 3.45. The first-order valence-electron chi connectivity index (χ1n) is 8.69. The summed E-state index contributed by atoms with van der Waals surface area (Å²) in [5.74, 6) is -0.690. The van der Waals surface area contributed by atoms with Crippen LogP contribution in [0.1, 0.15) is 34.9 Å². The van der Waals surface area contributed by atoms with Gasteiger partial charge in [-0.2, -0.15) is 0 Å². The minimum absolute atomic E-state index is 0.117. The number of nitrogen functional groups attached to an aromatic ring is 1. The molecule has 1 heterocycles. The number of hydrogen-bond donors (Lipinski definition) is 1. The van der Waals surface area contributed by atoms with Crippen molar-refractivity contribution in [1.29, 1.82) is 0 Å². The summed E-state index contributed by atoms with van der Waals surface area (Å²) >= 11 is 6.04. The van der Waals surface area contributed by atoms with E-state index in [2.05, 4.69) is 0 Å². The van der Waals surface area contributed by atoms with Crippen molar-refractivity contribution < 1.29 is 19.1 Å². The normalized spacial score (nSPS) is 14.7. The molecule has 142 valence electrons. The van der Waals surface area contributed by atoms with Crippen LogP contribution >= 0.6 is 11.6 Å². The maximum Gasteiger partial charge on any atom is 0.343 e. The van der Waals surface area contributed by atoms with E-state index in [9.17, 15) is 9.59 Å². The molecule has 1 aliphatic rings. The smallest absolute Gasteiger partial charge is 0.343 e. The van der Waals surface area contributed by atoms with Gasteiger partial charge in [-0.15, -0.1) is 0 Å². The van der Waals surface area contributed by atoms with E-state index >= 15 is 0 Å². The van der Waals surface area contributed by atoms with Crippen molar-refractivity contribution in [2.24, 2.45) is 0 Å². The van der Waals surface area contributed by atoms with Gasteiger partial charge in [-0.25, -0.2) is 4.79 Å². The molecule has 1 atom stereocenters. The van der Waals surface area contributed by atoms with E-state index in [1.54, 1.807) is 29.2 Å². The number of hydrogen-bond acceptors (Lipinski definition) is 5. The van der Waals surface area contributed by atoms with E-state index in [-0.39, 0.29) is 27.9 Å². The molecule has 2 aromatic rings. The van der Waals surface area contributed by atoms with Crippen LogP contribution in [0.4, 0.5) is 5.69 Å². The van der Waals surface area contributed by atoms with Gasteiger partial charge >= 0.3 is 5.97 Å². The van der Waals surface area contributed by atoms with Gasteiger partial charge in [0.2, 0.25) is 6.10 Å². The van der Waals surface area contributed by atoms with Gasteiger partial charge in [0.15, 0.2) is 0 Å². The van der Waals surface area contributed by atoms with Crippen molar-refractivity contribution >= 4 is 29.2 Å². The number of anilines is 1. The molecule has 0 radical (unpaired) electrons. The minimum atomic E-state index is -1.03. The molecule has 1 saturated heterocycles. The van der Waals surface area contributed by atoms with E-state index in [4.69, 9.17) is 26.8 Å². The molecule has 2 N–H and O–H groups in total. The van der Waals surface area contributed by atoms with Crippen molar-refractivity contribution in [2.75, 3.05) is 25.9 Å². The Hall–Kier alpha value is -2.73. The Balaban J connectivity index is 1.91. The monoisotopic (exact) mass is 388 g/mol. The Morgan fingerprint density at radius 2 is 1.81 bits per heavy atom. The van der Waals surface area contributed by atoms with Crippen LogP contribution in [0, 0.1) is 0 Å². The largest absolute Gasteiger partial charge is 0.496 e. The van der Waals surface area contributed by atoms with E-state index in [1.807, 2.05) is 6.07 Å². The summed E-state index contributed by atoms with van der Waals surface area (Å²) in [6.45, 7) is 1.33. The van der Waals surface area contributed by atoms with Gasteiger partial charge in [-0.1, -0.05) is 41.9 Å². The summed E-state index contributed by atoms with van der Waals surface area (Å²) in [5, 5.41) is 0.213. The maximum absolute atomic E-state index is 13.0. The summed E-state index contributed by atoms with van der Waals surface area (Å²) in [5.41, 5.74) is 6.78. The lowest BCUT2D eigenvalue weighted by Crippen LogP contribution is -2.35. The maximum atomic E-state index is 13.0. The molecular formula is C20H21ClN2O4. The standard InChI is InChI=1S/C20H21ClN2O4/c1-26-17-12-16(22)15(21)11-14(17)20(25)27-18(13-7-3-2-4-8-13)19(24)23-9-5-6-10-23/h2-4,7-8,11-12,18H,5-6,9-10,22H2,1H3/t18-/m1/s1. The van der Waals surface area contributed by atoms with Crippen molar-refractivity contribution in [3.05, 3.63) is 58.6 Å². The van der Waals surface area contributed by atoms with Gasteiger partial charge in [-0.3, -0.25) is 4.79 Å². The second kappa shape index (κ2) is 8.31. The van der Waals surface area contributed by atoms with Gasteiger partial charge in [0.25, 0.3) is 5.91 Å². The fourth-order valence-corrected chi connectivity index (χ4v) is 3.22. The fourth-order valence-electron chi connectivity index (χ4n) is 3.06. The third-order valence-corrected chi connectivity index (χ3v) is 4.84. The second-order valence-electron chi connectivity index (χ2n) is 6.30. The number of methoxy groups -OCH3 is 1. The van der Waals surface area contributed by atoms with Crippen LogP contribution in [0.2, 0.25) is 5.02 Å². The van der Waals surface area contributed by atoms with Crippen molar-refractivity contribution in [3.63, 3.8) is 0 Å². The first-order valence-corrected chi connectivity index (χ1v) is 9.06. The summed E-state index contributed by atoms with van der Waals surface area (Å²) in [6, 6.07) is 11.8. The second-order valence-corrected chi connectivity index (χ2v) is 6.71. The van der Waals surface area contributed by atoms with Gasteiger partial charge < -0.3 is 20.1 Å². The third-order valence-electron chi connectivity index (χ3n) is 4.51. The first-order chi connectivity index (χ1) is 13.0. The highest BCUT2D eigenvalue weighted by Gasteiger charge is 2.32. The number of benzene rings is 2. The highest BCUT2D eigenvalue weighted by Crippen LogP contribution is 2.31. The molecule has 0 aliphatic carbocycles. The summed E-state index contributed by atoms with van der Waals surface area (Å²) in [6.07, 6.45) is 0.864. The number of carbonyl (C=O) groups excluding carboxylic acids is 2. The van der Waals surface area contributed by atoms with Gasteiger partial charge in [0, 0.05) is 24.7 Å². The van der Waals surface area contributed by atoms with Crippen molar-refractivity contribution in [3.8, 4) is 5.75 Å². The zero-order valence-corrected chi connectivity index (χ0v) is 15.7. The first kappa shape index (κ1) is 19.0. The molecule has 27 heavy (non-hydrogen) atoms. The molecule has 0 spiro atoms. The number of carbonyl (C=O) groups is 2. The molecule has 7 heteroatoms. The zero-order valence-electron chi connectivity index (χ0n) is 15.0. The van der Waals surface area contributed by atoms with Crippen LogP contribution in [0.25, 0.3) is 0 Å². The number of ether oxygens (including phenoxy) is 2. The summed E-state index contributed by atoms with van der Waals surface area (Å²) in [7, 11) is 1.42. The van der Waals surface area contributed by atoms with Crippen LogP contribution in [-0.2, 0) is 9.53 Å². The molecule has 0 bridgehead atoms. The Kier molecular flexibility index (Phi) is 5.86. The number of nitrogens with zero attached hydrogens (tertiary/aromatic N) is 1. The topological polar surface area (TPSA) is 81.9 Å². The summed E-state index contributed by atoms with van der Waals surface area (Å²) in [4.78, 5) is 27.5. The van der Waals surface area contributed by atoms with Gasteiger partial charge in [-0.05, 0) is 18.9 Å². The average Bonchev–Trinajstić information content (AvgIpc) is 3.22. The van der Waals surface area contributed by atoms with Crippen LogP contribution in [0.5, 0.6) is 5.75 Å². The lowest BCUT2D eigenvalue weighted by Gasteiger charge is -2.24. The Morgan fingerprint density at radius 1 is 1.15 bits per heavy atom.